The Labute approximate surface area is 191 Å². The highest BCUT2D eigenvalue weighted by Gasteiger charge is 2.40. The van der Waals surface area contributed by atoms with Gasteiger partial charge in [0.25, 0.3) is 5.69 Å². The zero-order chi connectivity index (χ0) is 22.4. The molecule has 8 nitrogen and oxygen atoms in total. The fraction of sp³-hybridized carbons (Fsp3) is 0.273. The Morgan fingerprint density at radius 2 is 2.06 bits per heavy atom. The fourth-order valence-electron chi connectivity index (χ4n) is 4.13. The van der Waals surface area contributed by atoms with Gasteiger partial charge in [0, 0.05) is 45.8 Å². The van der Waals surface area contributed by atoms with Gasteiger partial charge in [-0.2, -0.15) is 0 Å². The zero-order valence-electron chi connectivity index (χ0n) is 17.1. The summed E-state index contributed by atoms with van der Waals surface area (Å²) >= 11 is 2.65. The number of nitro groups is 1. The maximum absolute atomic E-state index is 12.8. The van der Waals surface area contributed by atoms with E-state index in [1.807, 2.05) is 31.2 Å². The molecule has 3 aromatic rings. The van der Waals surface area contributed by atoms with Crippen LogP contribution in [0.4, 0.5) is 11.4 Å². The molecule has 0 unspecified atom stereocenters. The van der Waals surface area contributed by atoms with Crippen LogP contribution in [0.5, 0.6) is 5.75 Å². The van der Waals surface area contributed by atoms with E-state index < -0.39 is 4.92 Å². The summed E-state index contributed by atoms with van der Waals surface area (Å²) < 4.78 is 7.35. The van der Waals surface area contributed by atoms with E-state index in [1.165, 1.54) is 22.4 Å². The van der Waals surface area contributed by atoms with Gasteiger partial charge in [0.15, 0.2) is 0 Å². The van der Waals surface area contributed by atoms with Gasteiger partial charge in [-0.3, -0.25) is 24.3 Å². The lowest BCUT2D eigenvalue weighted by atomic mass is 9.83. The summed E-state index contributed by atoms with van der Waals surface area (Å²) in [5, 5.41) is 14.9. The fourth-order valence-corrected chi connectivity index (χ4v) is 6.82. The lowest BCUT2D eigenvalue weighted by Crippen LogP contribution is -2.31. The van der Waals surface area contributed by atoms with Crippen LogP contribution in [0.1, 0.15) is 21.9 Å². The van der Waals surface area contributed by atoms with Crippen LogP contribution in [0.2, 0.25) is 0 Å². The minimum Gasteiger partial charge on any atom is -0.493 e. The van der Waals surface area contributed by atoms with Crippen molar-refractivity contribution in [2.45, 2.75) is 24.4 Å². The molecule has 0 bridgehead atoms. The average molecular weight is 470 g/mol. The number of carbonyl (C=O) groups is 1. The molecular formula is C22H19N3O5S2. The number of thiazole rings is 1. The largest absolute Gasteiger partial charge is 0.493 e. The highest BCUT2D eigenvalue weighted by Crippen LogP contribution is 2.51. The maximum atomic E-state index is 12.8. The summed E-state index contributed by atoms with van der Waals surface area (Å²) in [6.07, 6.45) is 0. The minimum atomic E-state index is -0.425. The molecule has 3 heterocycles. The van der Waals surface area contributed by atoms with Crippen LogP contribution in [0.15, 0.2) is 52.3 Å². The van der Waals surface area contributed by atoms with Crippen LogP contribution < -0.4 is 14.9 Å². The molecule has 1 amide bonds. The van der Waals surface area contributed by atoms with Crippen LogP contribution in [0.25, 0.3) is 0 Å². The molecule has 0 radical (unpaired) electrons. The van der Waals surface area contributed by atoms with Gasteiger partial charge in [-0.25, -0.2) is 0 Å². The van der Waals surface area contributed by atoms with Gasteiger partial charge in [-0.15, -0.1) is 11.8 Å². The molecule has 32 heavy (non-hydrogen) atoms. The van der Waals surface area contributed by atoms with E-state index in [1.54, 1.807) is 12.1 Å². The van der Waals surface area contributed by atoms with Gasteiger partial charge in [0.1, 0.15) is 12.3 Å². The van der Waals surface area contributed by atoms with Gasteiger partial charge in [-0.1, -0.05) is 29.0 Å². The second kappa shape index (κ2) is 8.10. The standard InChI is InChI=1S/C22H19N3O5S2/c1-12-2-4-14(5-3-12)23-18(26)9-24-21-20(32-22(24)27)19-13(11-31-21)10-30-17-7-6-15(25(28)29)8-16(17)19/h2-8,13,19H,9-11H2,1H3,(H,23,26)/t13-,19-/m1/s1. The highest BCUT2D eigenvalue weighted by atomic mass is 32.2. The SMILES string of the molecule is Cc1ccc(NC(=O)Cn2c3c(sc2=O)[C@H]2c4cc([N+](=O)[O-])ccc4OC[C@@H]2CS3)cc1. The van der Waals surface area contributed by atoms with Crippen molar-refractivity contribution in [3.63, 3.8) is 0 Å². The van der Waals surface area contributed by atoms with Gasteiger partial charge in [-0.05, 0) is 25.1 Å². The van der Waals surface area contributed by atoms with Gasteiger partial charge in [0.05, 0.1) is 16.6 Å². The predicted octanol–water partition coefficient (Wildman–Crippen LogP) is 4.01. The maximum Gasteiger partial charge on any atom is 0.308 e. The second-order valence-electron chi connectivity index (χ2n) is 7.88. The quantitative estimate of drug-likeness (QED) is 0.457. The van der Waals surface area contributed by atoms with E-state index in [0.29, 0.717) is 23.8 Å². The number of fused-ring (bicyclic) bond motifs is 5. The first-order valence-corrected chi connectivity index (χ1v) is 11.8. The predicted molar refractivity (Wildman–Crippen MR) is 123 cm³/mol. The van der Waals surface area contributed by atoms with Crippen molar-refractivity contribution < 1.29 is 14.5 Å². The summed E-state index contributed by atoms with van der Waals surface area (Å²) in [5.74, 6) is 0.987. The second-order valence-corrected chi connectivity index (χ2v) is 9.88. The number of hydrogen-bond donors (Lipinski definition) is 1. The Hall–Kier alpha value is -3.11. The van der Waals surface area contributed by atoms with Crippen molar-refractivity contribution in [1.82, 2.24) is 4.57 Å². The molecule has 0 aliphatic carbocycles. The number of nitro benzene ring substituents is 1. The van der Waals surface area contributed by atoms with Crippen molar-refractivity contribution in [3.05, 3.63) is 78.3 Å². The van der Waals surface area contributed by atoms with E-state index in [-0.39, 0.29) is 34.8 Å². The lowest BCUT2D eigenvalue weighted by molar-refractivity contribution is -0.385. The first kappa shape index (κ1) is 20.8. The number of anilines is 1. The molecule has 164 valence electrons. The number of nitrogens with one attached hydrogen (secondary N) is 1. The Kier molecular flexibility index (Phi) is 5.26. The van der Waals surface area contributed by atoms with Crippen molar-refractivity contribution in [2.24, 2.45) is 5.92 Å². The van der Waals surface area contributed by atoms with Crippen LogP contribution >= 0.6 is 23.1 Å². The first-order chi connectivity index (χ1) is 15.4. The van der Waals surface area contributed by atoms with Crippen molar-refractivity contribution >= 4 is 40.4 Å². The highest BCUT2D eigenvalue weighted by molar-refractivity contribution is 7.99. The zero-order valence-corrected chi connectivity index (χ0v) is 18.7. The Balaban J connectivity index is 1.47. The first-order valence-electron chi connectivity index (χ1n) is 10.0. The molecule has 10 heteroatoms. The minimum absolute atomic E-state index is 0.00275. The number of rotatable bonds is 4. The summed E-state index contributed by atoms with van der Waals surface area (Å²) in [5.41, 5.74) is 2.50. The van der Waals surface area contributed by atoms with E-state index in [4.69, 9.17) is 4.74 Å². The third-order valence-corrected chi connectivity index (χ3v) is 8.19. The molecule has 1 N–H and O–H groups in total. The van der Waals surface area contributed by atoms with Crippen molar-refractivity contribution in [1.29, 1.82) is 0 Å². The topological polar surface area (TPSA) is 103 Å². The van der Waals surface area contributed by atoms with Gasteiger partial charge >= 0.3 is 4.87 Å². The Morgan fingerprint density at radius 1 is 1.28 bits per heavy atom. The van der Waals surface area contributed by atoms with E-state index in [2.05, 4.69) is 5.32 Å². The third-order valence-electron chi connectivity index (χ3n) is 5.69. The number of aryl methyl sites for hydroxylation is 1. The molecule has 2 aromatic carbocycles. The molecular weight excluding hydrogens is 450 g/mol. The number of non-ortho nitro benzene ring substituents is 1. The van der Waals surface area contributed by atoms with Crippen molar-refractivity contribution in [2.75, 3.05) is 17.7 Å². The molecule has 2 atom stereocenters. The number of thioether (sulfide) groups is 1. The molecule has 0 saturated heterocycles. The van der Waals surface area contributed by atoms with Gasteiger partial charge in [0.2, 0.25) is 5.91 Å². The lowest BCUT2D eigenvalue weighted by Gasteiger charge is -2.36. The number of amides is 1. The van der Waals surface area contributed by atoms with Crippen LogP contribution in [-0.2, 0) is 11.3 Å². The van der Waals surface area contributed by atoms with Crippen LogP contribution in [0, 0.1) is 23.0 Å². The summed E-state index contributed by atoms with van der Waals surface area (Å²) in [7, 11) is 0. The van der Waals surface area contributed by atoms with Crippen LogP contribution in [-0.4, -0.2) is 27.8 Å². The van der Waals surface area contributed by atoms with E-state index >= 15 is 0 Å². The average Bonchev–Trinajstić information content (AvgIpc) is 3.09. The molecule has 2 aliphatic heterocycles. The molecule has 0 saturated carbocycles. The number of benzene rings is 2. The smallest absolute Gasteiger partial charge is 0.308 e. The monoisotopic (exact) mass is 469 g/mol. The number of ether oxygens (including phenoxy) is 1. The van der Waals surface area contributed by atoms with Crippen LogP contribution in [0.3, 0.4) is 0 Å². The number of aromatic nitrogens is 1. The van der Waals surface area contributed by atoms with E-state index in [9.17, 15) is 19.7 Å². The summed E-state index contributed by atoms with van der Waals surface area (Å²) in [6, 6.07) is 12.1. The number of nitrogens with zero attached hydrogens (tertiary/aromatic N) is 2. The Morgan fingerprint density at radius 3 is 2.81 bits per heavy atom. The summed E-state index contributed by atoms with van der Waals surface area (Å²) in [4.78, 5) is 37.0. The number of carbonyl (C=O) groups excluding carboxylic acids is 1. The molecule has 1 aromatic heterocycles. The third kappa shape index (κ3) is 3.69. The van der Waals surface area contributed by atoms with Crippen molar-refractivity contribution in [3.8, 4) is 5.75 Å². The van der Waals surface area contributed by atoms with E-state index in [0.717, 1.165) is 32.4 Å². The normalized spacial score (nSPS) is 18.7. The molecule has 2 aliphatic rings. The Bertz CT molecular complexity index is 1280. The molecule has 0 fully saturated rings. The summed E-state index contributed by atoms with van der Waals surface area (Å²) in [6.45, 7) is 2.37. The molecule has 5 rings (SSSR count). The molecule has 0 spiro atoms. The number of hydrogen-bond acceptors (Lipinski definition) is 7. The van der Waals surface area contributed by atoms with Gasteiger partial charge < -0.3 is 10.1 Å².